The fourth-order valence-corrected chi connectivity index (χ4v) is 5.12. The molecule has 1 fully saturated rings. The minimum Gasteiger partial charge on any atom is -0.490 e. The van der Waals surface area contributed by atoms with E-state index in [1.807, 2.05) is 17.9 Å². The number of amides is 1. The van der Waals surface area contributed by atoms with Crippen LogP contribution in [0.1, 0.15) is 63.7 Å². The molecule has 0 unspecified atom stereocenters. The van der Waals surface area contributed by atoms with E-state index in [0.717, 1.165) is 25.7 Å². The Kier molecular flexibility index (Phi) is 8.14. The lowest BCUT2D eigenvalue weighted by molar-refractivity contribution is 0.0735. The molecule has 0 spiro atoms. The molecule has 2 rings (SSSR count). The van der Waals surface area contributed by atoms with Crippen LogP contribution in [0.5, 0.6) is 11.5 Å². The molecule has 1 amide bonds. The van der Waals surface area contributed by atoms with Crippen molar-refractivity contribution in [2.24, 2.45) is 0 Å². The minimum absolute atomic E-state index is 0.0265. The summed E-state index contributed by atoms with van der Waals surface area (Å²) in [4.78, 5) is 15.0. The fourth-order valence-electron chi connectivity index (χ4n) is 3.36. The third-order valence-corrected chi connectivity index (χ3v) is 7.42. The molecule has 6 heteroatoms. The zero-order valence-corrected chi connectivity index (χ0v) is 17.9. The number of nitrogens with zero attached hydrogens (tertiary/aromatic N) is 1. The molecule has 0 saturated carbocycles. The number of ether oxygens (including phenoxy) is 2. The first-order chi connectivity index (χ1) is 13.0. The summed E-state index contributed by atoms with van der Waals surface area (Å²) in [6.07, 6.45) is 3.43. The second-order valence-electron chi connectivity index (χ2n) is 7.02. The largest absolute Gasteiger partial charge is 0.490 e. The Hall–Kier alpha value is -1.56. The summed E-state index contributed by atoms with van der Waals surface area (Å²) in [5, 5.41) is 0. The SMILES string of the molecule is CCCOc1ccc(C(=O)N2CC[S@](=O)C(CC)(CC)C2)cc1OCCC. The minimum atomic E-state index is -0.885. The van der Waals surface area contributed by atoms with Crippen LogP contribution in [0, 0.1) is 0 Å². The van der Waals surface area contributed by atoms with Crippen molar-refractivity contribution in [1.82, 2.24) is 4.90 Å². The molecular formula is C21H33NO4S. The number of hydrogen-bond acceptors (Lipinski definition) is 4. The molecule has 152 valence electrons. The summed E-state index contributed by atoms with van der Waals surface area (Å²) in [5.74, 6) is 1.82. The Morgan fingerprint density at radius 2 is 1.70 bits per heavy atom. The van der Waals surface area contributed by atoms with Crippen LogP contribution in [0.4, 0.5) is 0 Å². The van der Waals surface area contributed by atoms with E-state index in [-0.39, 0.29) is 10.7 Å². The lowest BCUT2D eigenvalue weighted by Crippen LogP contribution is -2.54. The predicted octanol–water partition coefficient (Wildman–Crippen LogP) is 4.03. The number of hydrogen-bond donors (Lipinski definition) is 0. The van der Waals surface area contributed by atoms with Gasteiger partial charge in [0, 0.05) is 35.2 Å². The quantitative estimate of drug-likeness (QED) is 0.633. The maximum Gasteiger partial charge on any atom is 0.254 e. The molecule has 0 aliphatic carbocycles. The first kappa shape index (κ1) is 21.7. The van der Waals surface area contributed by atoms with E-state index in [1.54, 1.807) is 12.1 Å². The molecule has 0 radical (unpaired) electrons. The number of carbonyl (C=O) groups excluding carboxylic acids is 1. The van der Waals surface area contributed by atoms with Crippen molar-refractivity contribution in [3.8, 4) is 11.5 Å². The Balaban J connectivity index is 2.23. The van der Waals surface area contributed by atoms with Crippen LogP contribution in [0.2, 0.25) is 0 Å². The van der Waals surface area contributed by atoms with Gasteiger partial charge in [0.2, 0.25) is 0 Å². The number of benzene rings is 1. The molecule has 1 aromatic carbocycles. The van der Waals surface area contributed by atoms with E-state index < -0.39 is 10.8 Å². The highest BCUT2D eigenvalue weighted by atomic mass is 32.2. The molecular weight excluding hydrogens is 362 g/mol. The smallest absolute Gasteiger partial charge is 0.254 e. The van der Waals surface area contributed by atoms with Crippen molar-refractivity contribution in [3.05, 3.63) is 23.8 Å². The third-order valence-electron chi connectivity index (χ3n) is 5.20. The van der Waals surface area contributed by atoms with Crippen molar-refractivity contribution in [2.75, 3.05) is 32.1 Å². The van der Waals surface area contributed by atoms with Crippen LogP contribution in [0.25, 0.3) is 0 Å². The zero-order valence-electron chi connectivity index (χ0n) is 17.1. The molecule has 1 atom stereocenters. The Bertz CT molecular complexity index is 658. The average Bonchev–Trinajstić information content (AvgIpc) is 2.71. The summed E-state index contributed by atoms with van der Waals surface area (Å²) in [7, 11) is -0.885. The van der Waals surface area contributed by atoms with Gasteiger partial charge in [-0.25, -0.2) is 0 Å². The second-order valence-corrected chi connectivity index (χ2v) is 8.99. The molecule has 1 aliphatic heterocycles. The standard InChI is InChI=1S/C21H33NO4S/c1-5-12-25-18-10-9-17(15-19(18)26-13-6-2)20(23)22-11-14-27(24)21(7-3,8-4)16-22/h9-10,15H,5-8,11-14,16H2,1-4H3/t27-/m0/s1. The molecule has 0 bridgehead atoms. The van der Waals surface area contributed by atoms with Crippen LogP contribution in [0.3, 0.4) is 0 Å². The Morgan fingerprint density at radius 1 is 1.07 bits per heavy atom. The van der Waals surface area contributed by atoms with Crippen LogP contribution < -0.4 is 9.47 Å². The maximum absolute atomic E-state index is 13.1. The highest BCUT2D eigenvalue weighted by Gasteiger charge is 2.40. The van der Waals surface area contributed by atoms with E-state index in [0.29, 0.717) is 49.1 Å². The molecule has 0 N–H and O–H groups in total. The van der Waals surface area contributed by atoms with Crippen molar-refractivity contribution < 1.29 is 18.5 Å². The number of carbonyl (C=O) groups is 1. The van der Waals surface area contributed by atoms with Gasteiger partial charge in [-0.15, -0.1) is 0 Å². The van der Waals surface area contributed by atoms with Crippen molar-refractivity contribution in [2.45, 2.75) is 58.1 Å². The van der Waals surface area contributed by atoms with Gasteiger partial charge in [-0.2, -0.15) is 0 Å². The van der Waals surface area contributed by atoms with Gasteiger partial charge >= 0.3 is 0 Å². The monoisotopic (exact) mass is 395 g/mol. The first-order valence-corrected chi connectivity index (χ1v) is 11.4. The van der Waals surface area contributed by atoms with Crippen LogP contribution >= 0.6 is 0 Å². The van der Waals surface area contributed by atoms with E-state index in [9.17, 15) is 9.00 Å². The summed E-state index contributed by atoms with van der Waals surface area (Å²) in [5.41, 5.74) is 0.596. The van der Waals surface area contributed by atoms with Gasteiger partial charge in [-0.1, -0.05) is 27.7 Å². The summed E-state index contributed by atoms with van der Waals surface area (Å²) in [6.45, 7) is 10.5. The van der Waals surface area contributed by atoms with E-state index in [1.165, 1.54) is 0 Å². The van der Waals surface area contributed by atoms with E-state index in [2.05, 4.69) is 20.8 Å². The molecule has 5 nitrogen and oxygen atoms in total. The lowest BCUT2D eigenvalue weighted by atomic mass is 10.0. The average molecular weight is 396 g/mol. The van der Waals surface area contributed by atoms with Crippen molar-refractivity contribution in [1.29, 1.82) is 0 Å². The van der Waals surface area contributed by atoms with Gasteiger partial charge in [0.05, 0.1) is 18.0 Å². The molecule has 1 heterocycles. The van der Waals surface area contributed by atoms with Gasteiger partial charge in [-0.3, -0.25) is 9.00 Å². The van der Waals surface area contributed by atoms with E-state index in [4.69, 9.17) is 9.47 Å². The second kappa shape index (κ2) is 10.1. The fraction of sp³-hybridized carbons (Fsp3) is 0.667. The van der Waals surface area contributed by atoms with Gasteiger partial charge < -0.3 is 14.4 Å². The van der Waals surface area contributed by atoms with Crippen molar-refractivity contribution in [3.63, 3.8) is 0 Å². The molecule has 1 aromatic rings. The van der Waals surface area contributed by atoms with Gasteiger partial charge in [0.1, 0.15) is 0 Å². The Morgan fingerprint density at radius 3 is 2.30 bits per heavy atom. The molecule has 0 aromatic heterocycles. The van der Waals surface area contributed by atoms with Gasteiger partial charge in [-0.05, 0) is 43.9 Å². The maximum atomic E-state index is 13.1. The summed E-state index contributed by atoms with van der Waals surface area (Å²) in [6, 6.07) is 5.41. The van der Waals surface area contributed by atoms with E-state index >= 15 is 0 Å². The molecule has 27 heavy (non-hydrogen) atoms. The molecule has 1 aliphatic rings. The summed E-state index contributed by atoms with van der Waals surface area (Å²) < 4.78 is 23.8. The van der Waals surface area contributed by atoms with Gasteiger partial charge in [0.15, 0.2) is 11.5 Å². The predicted molar refractivity (Wildman–Crippen MR) is 110 cm³/mol. The highest BCUT2D eigenvalue weighted by molar-refractivity contribution is 7.86. The van der Waals surface area contributed by atoms with Crippen LogP contribution in [-0.2, 0) is 10.8 Å². The summed E-state index contributed by atoms with van der Waals surface area (Å²) >= 11 is 0. The van der Waals surface area contributed by atoms with Crippen LogP contribution in [0.15, 0.2) is 18.2 Å². The Labute approximate surface area is 165 Å². The van der Waals surface area contributed by atoms with Crippen LogP contribution in [-0.4, -0.2) is 51.8 Å². The first-order valence-electron chi connectivity index (χ1n) is 10.1. The topological polar surface area (TPSA) is 55.8 Å². The van der Waals surface area contributed by atoms with Crippen molar-refractivity contribution >= 4 is 16.7 Å². The highest BCUT2D eigenvalue weighted by Crippen LogP contribution is 2.32. The van der Waals surface area contributed by atoms with Gasteiger partial charge in [0.25, 0.3) is 5.91 Å². The number of rotatable bonds is 9. The third kappa shape index (κ3) is 5.03. The lowest BCUT2D eigenvalue weighted by Gasteiger charge is -2.41. The molecule has 1 saturated heterocycles. The normalized spacial score (nSPS) is 19.0. The zero-order chi connectivity index (χ0) is 19.9.